The fourth-order valence-electron chi connectivity index (χ4n) is 0.437. The molecule has 0 atom stereocenters. The summed E-state index contributed by atoms with van der Waals surface area (Å²) in [6, 6.07) is 0. The van der Waals surface area contributed by atoms with E-state index in [1.807, 2.05) is 0 Å². The minimum atomic E-state index is -1.23. The predicted octanol–water partition coefficient (Wildman–Crippen LogP) is 3.04. The molecule has 0 bridgehead atoms. The molecule has 0 rings (SSSR count). The zero-order valence-corrected chi connectivity index (χ0v) is 10.7. The summed E-state index contributed by atoms with van der Waals surface area (Å²) in [5.74, 6) is 0. The lowest BCUT2D eigenvalue weighted by Crippen LogP contribution is -2.58. The molecule has 10 heavy (non-hydrogen) atoms. The molecule has 4 heteroatoms. The number of alkyl halides is 2. The van der Waals surface area contributed by atoms with Crippen LogP contribution in [-0.4, -0.2) is 26.2 Å². The second kappa shape index (κ2) is 3.61. The molecule has 0 saturated carbocycles. The molecular weight excluding hydrogens is 199 g/mol. The zero-order valence-electron chi connectivity index (χ0n) is 7.17. The van der Waals surface area contributed by atoms with Gasteiger partial charge < -0.3 is 0 Å². The molecule has 62 valence electrons. The summed E-state index contributed by atoms with van der Waals surface area (Å²) in [7, 11) is -2.27. The fourth-order valence-corrected chi connectivity index (χ4v) is 11.8. The van der Waals surface area contributed by atoms with Gasteiger partial charge in [0.05, 0.1) is 7.59 Å². The molecule has 0 fully saturated rings. The van der Waals surface area contributed by atoms with Gasteiger partial charge in [0.25, 0.3) is 0 Å². The molecule has 0 aromatic rings. The molecule has 0 aliphatic rings. The van der Waals surface area contributed by atoms with E-state index in [0.29, 0.717) is 0 Å². The van der Waals surface area contributed by atoms with E-state index in [1.165, 1.54) is 0 Å². The second-order valence-electron chi connectivity index (χ2n) is 4.08. The lowest BCUT2D eigenvalue weighted by molar-refractivity contribution is 1.65. The summed E-state index contributed by atoms with van der Waals surface area (Å²) >= 11 is 11.8. The minimum Gasteiger partial charge on any atom is -0.130 e. The van der Waals surface area contributed by atoms with Crippen LogP contribution < -0.4 is 0 Å². The highest BCUT2D eigenvalue weighted by atomic mass is 35.5. The second-order valence-corrected chi connectivity index (χ2v) is 22.0. The highest BCUT2D eigenvalue weighted by Gasteiger charge is 2.39. The van der Waals surface area contributed by atoms with Crippen molar-refractivity contribution in [3.63, 3.8) is 0 Å². The molecule has 0 spiro atoms. The van der Waals surface area contributed by atoms with Crippen molar-refractivity contribution in [3.8, 4) is 0 Å². The SMILES string of the molecule is C[Si](C)(C)[Si](C)(CCl)CCl. The first-order valence-corrected chi connectivity index (χ1v) is 12.0. The van der Waals surface area contributed by atoms with E-state index < -0.39 is 15.2 Å². The molecule has 0 aliphatic heterocycles. The van der Waals surface area contributed by atoms with Crippen LogP contribution >= 0.6 is 23.2 Å². The number of halogens is 2. The van der Waals surface area contributed by atoms with Gasteiger partial charge in [-0.1, -0.05) is 26.2 Å². The normalized spacial score (nSPS) is 13.8. The summed E-state index contributed by atoms with van der Waals surface area (Å²) in [5.41, 5.74) is 1.65. The Balaban J connectivity index is 4.33. The van der Waals surface area contributed by atoms with Gasteiger partial charge in [-0.05, 0) is 0 Å². The van der Waals surface area contributed by atoms with Crippen LogP contribution in [0.3, 0.4) is 0 Å². The average molecular weight is 215 g/mol. The number of hydrogen-bond donors (Lipinski definition) is 0. The fraction of sp³-hybridized carbons (Fsp3) is 1.00. The highest BCUT2D eigenvalue weighted by Crippen LogP contribution is 2.21. The van der Waals surface area contributed by atoms with Crippen LogP contribution in [0.5, 0.6) is 0 Å². The van der Waals surface area contributed by atoms with E-state index in [0.717, 1.165) is 11.0 Å². The van der Waals surface area contributed by atoms with Crippen molar-refractivity contribution < 1.29 is 0 Å². The third-order valence-electron chi connectivity index (χ3n) is 2.40. The molecule has 0 amide bonds. The van der Waals surface area contributed by atoms with E-state index in [4.69, 9.17) is 23.2 Å². The van der Waals surface area contributed by atoms with Crippen LogP contribution in [0.1, 0.15) is 0 Å². The first-order chi connectivity index (χ1) is 4.37. The summed E-state index contributed by atoms with van der Waals surface area (Å²) in [5, 5.41) is 0. The molecule has 0 N–H and O–H groups in total. The van der Waals surface area contributed by atoms with Crippen molar-refractivity contribution in [3.05, 3.63) is 0 Å². The highest BCUT2D eigenvalue weighted by molar-refractivity contribution is 7.43. The third-order valence-corrected chi connectivity index (χ3v) is 24.0. The van der Waals surface area contributed by atoms with Crippen molar-refractivity contribution in [1.82, 2.24) is 0 Å². The van der Waals surface area contributed by atoms with Gasteiger partial charge in [-0.25, -0.2) is 0 Å². The van der Waals surface area contributed by atoms with Crippen molar-refractivity contribution in [2.24, 2.45) is 0 Å². The average Bonchev–Trinajstić information content (AvgIpc) is 1.84. The van der Waals surface area contributed by atoms with Gasteiger partial charge in [-0.2, -0.15) is 0 Å². The maximum atomic E-state index is 5.91. The van der Waals surface area contributed by atoms with Gasteiger partial charge in [0.15, 0.2) is 0 Å². The molecular formula is C6H16Cl2Si2. The van der Waals surface area contributed by atoms with Gasteiger partial charge in [-0.3, -0.25) is 0 Å². The Kier molecular flexibility index (Phi) is 3.98. The molecule has 0 heterocycles. The van der Waals surface area contributed by atoms with E-state index in [2.05, 4.69) is 26.2 Å². The van der Waals surface area contributed by atoms with Crippen LogP contribution in [0.4, 0.5) is 0 Å². The van der Waals surface area contributed by atoms with E-state index in [-0.39, 0.29) is 0 Å². The third kappa shape index (κ3) is 2.26. The number of rotatable bonds is 3. The van der Waals surface area contributed by atoms with Crippen molar-refractivity contribution >= 4 is 38.4 Å². The topological polar surface area (TPSA) is 0 Å². The van der Waals surface area contributed by atoms with Crippen LogP contribution in [-0.2, 0) is 0 Å². The van der Waals surface area contributed by atoms with Crippen LogP contribution in [0.15, 0.2) is 0 Å². The van der Waals surface area contributed by atoms with Crippen LogP contribution in [0, 0.1) is 0 Å². The first-order valence-electron chi connectivity index (χ1n) is 3.49. The summed E-state index contributed by atoms with van der Waals surface area (Å²) in [4.78, 5) is 0. The number of hydrogen-bond acceptors (Lipinski definition) is 0. The lowest BCUT2D eigenvalue weighted by atomic mass is 11.8. The van der Waals surface area contributed by atoms with Crippen molar-refractivity contribution in [2.45, 2.75) is 26.2 Å². The van der Waals surface area contributed by atoms with Gasteiger partial charge in [-0.15, -0.1) is 23.2 Å². The minimum absolute atomic E-state index is 0.826. The Hall–Kier alpha value is 1.01. The Labute approximate surface area is 75.7 Å². The Bertz CT molecular complexity index is 105. The summed E-state index contributed by atoms with van der Waals surface area (Å²) in [6.45, 7) is 9.41. The zero-order chi connectivity index (χ0) is 8.41. The van der Waals surface area contributed by atoms with Crippen molar-refractivity contribution in [2.75, 3.05) is 11.0 Å². The molecule has 0 aliphatic carbocycles. The Morgan fingerprint density at radius 2 is 1.20 bits per heavy atom. The molecule has 0 saturated heterocycles. The summed E-state index contributed by atoms with van der Waals surface area (Å²) < 4.78 is 0. The van der Waals surface area contributed by atoms with E-state index in [1.54, 1.807) is 0 Å². The monoisotopic (exact) mass is 214 g/mol. The van der Waals surface area contributed by atoms with Crippen LogP contribution in [0.25, 0.3) is 0 Å². The van der Waals surface area contributed by atoms with Gasteiger partial charge in [0.2, 0.25) is 0 Å². The van der Waals surface area contributed by atoms with Gasteiger partial charge >= 0.3 is 0 Å². The van der Waals surface area contributed by atoms with Crippen LogP contribution in [0.2, 0.25) is 26.2 Å². The maximum Gasteiger partial charge on any atom is 0.0769 e. The molecule has 0 aromatic carbocycles. The summed E-state index contributed by atoms with van der Waals surface area (Å²) in [6.07, 6.45) is 0. The van der Waals surface area contributed by atoms with Gasteiger partial charge in [0.1, 0.15) is 0 Å². The van der Waals surface area contributed by atoms with E-state index in [9.17, 15) is 0 Å². The standard InChI is InChI=1S/C6H16Cl2Si2/c1-9(2,3)10(4,5-7)6-8/h5-6H2,1-4H3. The largest absolute Gasteiger partial charge is 0.130 e. The maximum absolute atomic E-state index is 5.91. The molecule has 0 radical (unpaired) electrons. The molecule has 0 unspecified atom stereocenters. The first kappa shape index (κ1) is 11.0. The lowest BCUT2D eigenvalue weighted by Gasteiger charge is -2.34. The molecule has 0 nitrogen and oxygen atoms in total. The predicted molar refractivity (Wildman–Crippen MR) is 56.4 cm³/mol. The Morgan fingerprint density at radius 3 is 1.20 bits per heavy atom. The Morgan fingerprint density at radius 1 is 0.900 bits per heavy atom. The smallest absolute Gasteiger partial charge is 0.0769 e. The molecule has 0 aromatic heterocycles. The van der Waals surface area contributed by atoms with E-state index >= 15 is 0 Å². The van der Waals surface area contributed by atoms with Crippen molar-refractivity contribution in [1.29, 1.82) is 0 Å². The van der Waals surface area contributed by atoms with Gasteiger partial charge in [0, 0.05) is 18.6 Å². The quantitative estimate of drug-likeness (QED) is 0.501.